The van der Waals surface area contributed by atoms with E-state index in [1.54, 1.807) is 19.1 Å². The number of nitrogens with two attached hydrogens (primary N) is 1. The molecule has 1 saturated heterocycles. The highest BCUT2D eigenvalue weighted by Gasteiger charge is 2.33. The standard InChI is InChI=1S/C30H42N10O3/c1-19(2)24-11-6-20(3)16-25(24)43-30(42)35-23-9-7-22(8-10-23)34-29-36-28(31)40(37-29)27-17-26(32-18-33-27)39-13-5-12-38(14-15-39)21(4)41/h7-10,17-20,24-25H,5-6,11-16H2,1-4H3,(H,35,42)(H3,31,34,36,37)/t20-,24+,25+/m0/s1. The number of anilines is 5. The van der Waals surface area contributed by atoms with Gasteiger partial charge in [-0.25, -0.2) is 14.8 Å². The minimum Gasteiger partial charge on any atom is -0.446 e. The van der Waals surface area contributed by atoms with Gasteiger partial charge in [0.25, 0.3) is 0 Å². The fourth-order valence-electron chi connectivity index (χ4n) is 5.93. The van der Waals surface area contributed by atoms with Crippen LogP contribution in [0.1, 0.15) is 53.4 Å². The van der Waals surface area contributed by atoms with Gasteiger partial charge in [0.2, 0.25) is 17.8 Å². The van der Waals surface area contributed by atoms with Crippen molar-refractivity contribution in [2.45, 2.75) is 59.5 Å². The van der Waals surface area contributed by atoms with Gasteiger partial charge in [0.15, 0.2) is 5.82 Å². The average molecular weight is 591 g/mol. The van der Waals surface area contributed by atoms with Crippen LogP contribution in [0.4, 0.5) is 33.9 Å². The summed E-state index contributed by atoms with van der Waals surface area (Å²) in [6.45, 7) is 11.0. The van der Waals surface area contributed by atoms with Crippen LogP contribution < -0.4 is 21.3 Å². The fraction of sp³-hybridized carbons (Fsp3) is 0.533. The summed E-state index contributed by atoms with van der Waals surface area (Å²) in [6.07, 6.45) is 4.99. The number of benzene rings is 1. The van der Waals surface area contributed by atoms with Gasteiger partial charge in [0.1, 0.15) is 18.2 Å². The van der Waals surface area contributed by atoms with E-state index in [-0.39, 0.29) is 18.0 Å². The zero-order valence-electron chi connectivity index (χ0n) is 25.4. The van der Waals surface area contributed by atoms with Gasteiger partial charge in [-0.1, -0.05) is 27.2 Å². The van der Waals surface area contributed by atoms with Crippen molar-refractivity contribution in [3.8, 4) is 5.82 Å². The largest absolute Gasteiger partial charge is 0.446 e. The molecule has 3 aromatic rings. The molecule has 2 aromatic heterocycles. The summed E-state index contributed by atoms with van der Waals surface area (Å²) in [6, 6.07) is 9.03. The Kier molecular flexibility index (Phi) is 9.27. The van der Waals surface area contributed by atoms with E-state index >= 15 is 0 Å². The Bertz CT molecular complexity index is 1410. The topological polar surface area (TPSA) is 156 Å². The van der Waals surface area contributed by atoms with Gasteiger partial charge in [-0.3, -0.25) is 10.1 Å². The van der Waals surface area contributed by atoms with Gasteiger partial charge >= 0.3 is 6.09 Å². The highest BCUT2D eigenvalue weighted by Crippen LogP contribution is 2.35. The number of hydrogen-bond acceptors (Lipinski definition) is 10. The third kappa shape index (κ3) is 7.51. The monoisotopic (exact) mass is 590 g/mol. The third-order valence-corrected chi connectivity index (χ3v) is 8.36. The lowest BCUT2D eigenvalue weighted by Gasteiger charge is -2.36. The highest BCUT2D eigenvalue weighted by atomic mass is 16.6. The first kappa shape index (κ1) is 30.1. The predicted molar refractivity (Wildman–Crippen MR) is 165 cm³/mol. The summed E-state index contributed by atoms with van der Waals surface area (Å²) in [7, 11) is 0. The molecule has 13 heteroatoms. The van der Waals surface area contributed by atoms with Crippen LogP contribution in [0.3, 0.4) is 0 Å². The number of nitrogens with one attached hydrogen (secondary N) is 2. The number of rotatable bonds is 7. The Morgan fingerprint density at radius 1 is 1.02 bits per heavy atom. The fourth-order valence-corrected chi connectivity index (χ4v) is 5.93. The molecule has 5 rings (SSSR count). The quantitative estimate of drug-likeness (QED) is 0.359. The van der Waals surface area contributed by atoms with Crippen LogP contribution in [0.5, 0.6) is 0 Å². The summed E-state index contributed by atoms with van der Waals surface area (Å²) in [5.74, 6) is 3.19. The van der Waals surface area contributed by atoms with Gasteiger partial charge in [-0.15, -0.1) is 5.10 Å². The average Bonchev–Trinajstić information content (AvgIpc) is 3.16. The summed E-state index contributed by atoms with van der Waals surface area (Å²) in [5, 5.41) is 10.5. The zero-order valence-corrected chi connectivity index (χ0v) is 25.4. The Labute approximate surface area is 252 Å². The molecule has 1 aliphatic carbocycles. The number of carbonyl (C=O) groups is 2. The summed E-state index contributed by atoms with van der Waals surface area (Å²) in [4.78, 5) is 41.6. The summed E-state index contributed by atoms with van der Waals surface area (Å²) in [5.41, 5.74) is 7.55. The lowest BCUT2D eigenvalue weighted by molar-refractivity contribution is -0.128. The van der Waals surface area contributed by atoms with E-state index in [9.17, 15) is 9.59 Å². The first-order chi connectivity index (χ1) is 20.7. The summed E-state index contributed by atoms with van der Waals surface area (Å²) < 4.78 is 7.31. The lowest BCUT2D eigenvalue weighted by atomic mass is 9.75. The van der Waals surface area contributed by atoms with E-state index in [4.69, 9.17) is 10.5 Å². The molecular weight excluding hydrogens is 548 g/mol. The molecule has 4 N–H and O–H groups in total. The van der Waals surface area contributed by atoms with E-state index < -0.39 is 6.09 Å². The van der Waals surface area contributed by atoms with E-state index in [0.717, 1.165) is 43.9 Å². The van der Waals surface area contributed by atoms with Crippen molar-refractivity contribution in [2.75, 3.05) is 47.4 Å². The van der Waals surface area contributed by atoms with Crippen LogP contribution in [-0.4, -0.2) is 73.9 Å². The molecule has 0 unspecified atom stereocenters. The lowest BCUT2D eigenvalue weighted by Crippen LogP contribution is -2.36. The normalized spacial score (nSPS) is 20.9. The second-order valence-electron chi connectivity index (χ2n) is 11.9. The van der Waals surface area contributed by atoms with E-state index in [0.29, 0.717) is 48.3 Å². The van der Waals surface area contributed by atoms with Gasteiger partial charge in [-0.2, -0.15) is 9.67 Å². The molecule has 13 nitrogen and oxygen atoms in total. The van der Waals surface area contributed by atoms with Gasteiger partial charge in [-0.05, 0) is 61.3 Å². The molecule has 2 aliphatic rings. The number of hydrogen-bond donors (Lipinski definition) is 3. The Hall–Kier alpha value is -4.42. The highest BCUT2D eigenvalue weighted by molar-refractivity contribution is 5.85. The molecule has 1 aliphatic heterocycles. The Balaban J connectivity index is 1.19. The second kappa shape index (κ2) is 13.3. The molecule has 3 heterocycles. The molecule has 0 spiro atoms. The first-order valence-electron chi connectivity index (χ1n) is 15.1. The van der Waals surface area contributed by atoms with Crippen molar-refractivity contribution in [2.24, 2.45) is 17.8 Å². The smallest absolute Gasteiger partial charge is 0.411 e. The minimum absolute atomic E-state index is 0.0660. The number of ether oxygens (including phenoxy) is 1. The Morgan fingerprint density at radius 3 is 2.51 bits per heavy atom. The van der Waals surface area contributed by atoms with Crippen LogP contribution in [0, 0.1) is 17.8 Å². The Morgan fingerprint density at radius 2 is 1.77 bits per heavy atom. The molecule has 1 aromatic carbocycles. The van der Waals surface area contributed by atoms with Crippen LogP contribution in [0.2, 0.25) is 0 Å². The van der Waals surface area contributed by atoms with Crippen LogP contribution in [-0.2, 0) is 9.53 Å². The number of carbonyl (C=O) groups excluding carboxylic acids is 2. The van der Waals surface area contributed by atoms with E-state index in [1.807, 2.05) is 23.1 Å². The number of amides is 2. The van der Waals surface area contributed by atoms with Crippen molar-refractivity contribution < 1.29 is 14.3 Å². The molecule has 2 amide bonds. The van der Waals surface area contributed by atoms with Gasteiger partial charge in [0, 0.05) is 50.5 Å². The van der Waals surface area contributed by atoms with Crippen molar-refractivity contribution in [1.29, 1.82) is 0 Å². The van der Waals surface area contributed by atoms with E-state index in [1.165, 1.54) is 17.4 Å². The van der Waals surface area contributed by atoms with Crippen LogP contribution >= 0.6 is 0 Å². The van der Waals surface area contributed by atoms with E-state index in [2.05, 4.69) is 56.4 Å². The molecule has 0 bridgehead atoms. The molecule has 3 atom stereocenters. The van der Waals surface area contributed by atoms with Gasteiger partial charge < -0.3 is 25.6 Å². The summed E-state index contributed by atoms with van der Waals surface area (Å²) >= 11 is 0. The van der Waals surface area contributed by atoms with Crippen molar-refractivity contribution in [3.63, 3.8) is 0 Å². The molecule has 1 saturated carbocycles. The zero-order chi connectivity index (χ0) is 30.5. The van der Waals surface area contributed by atoms with Crippen molar-refractivity contribution >= 4 is 41.1 Å². The number of nitrogen functional groups attached to an aromatic ring is 1. The predicted octanol–water partition coefficient (Wildman–Crippen LogP) is 4.45. The maximum atomic E-state index is 12.7. The molecule has 43 heavy (non-hydrogen) atoms. The number of aromatic nitrogens is 5. The first-order valence-corrected chi connectivity index (χ1v) is 15.1. The second-order valence-corrected chi connectivity index (χ2v) is 11.9. The number of nitrogens with zero attached hydrogens (tertiary/aromatic N) is 7. The van der Waals surface area contributed by atoms with Crippen LogP contribution in [0.15, 0.2) is 36.7 Å². The van der Waals surface area contributed by atoms with Crippen molar-refractivity contribution in [1.82, 2.24) is 29.6 Å². The van der Waals surface area contributed by atoms with Crippen molar-refractivity contribution in [3.05, 3.63) is 36.7 Å². The molecule has 2 fully saturated rings. The molecule has 230 valence electrons. The molecule has 0 radical (unpaired) electrons. The van der Waals surface area contributed by atoms with Crippen LogP contribution in [0.25, 0.3) is 5.82 Å². The SMILES string of the molecule is CC(=O)N1CCCN(c2cc(-n3nc(Nc4ccc(NC(=O)O[C@@H]5C[C@@H](C)CC[C@@H]5C(C)C)cc4)nc3N)ncn2)CC1. The maximum absolute atomic E-state index is 12.7. The van der Waals surface area contributed by atoms with Gasteiger partial charge in [0.05, 0.1) is 0 Å². The third-order valence-electron chi connectivity index (χ3n) is 8.36. The molecular formula is C30H42N10O3. The minimum atomic E-state index is -0.431. The maximum Gasteiger partial charge on any atom is 0.411 e.